The SMILES string of the molecule is Cc1cccc(CNc2cccc(-c3nn[nH]n3)c2)c1C. The number of anilines is 1. The van der Waals surface area contributed by atoms with Gasteiger partial charge in [-0.15, -0.1) is 10.2 Å². The Balaban J connectivity index is 1.77. The standard InChI is InChI=1S/C16H17N5/c1-11-5-3-7-14(12(11)2)10-17-15-8-4-6-13(9-15)16-18-20-21-19-16/h3-9,17H,10H2,1-2H3,(H,18,19,20,21). The highest BCUT2D eigenvalue weighted by Gasteiger charge is 2.04. The molecular weight excluding hydrogens is 262 g/mol. The predicted octanol–water partition coefficient (Wildman–Crippen LogP) is 3.10. The molecule has 0 amide bonds. The summed E-state index contributed by atoms with van der Waals surface area (Å²) in [5.41, 5.74) is 5.93. The van der Waals surface area contributed by atoms with E-state index in [0.29, 0.717) is 5.82 Å². The van der Waals surface area contributed by atoms with E-state index in [1.54, 1.807) is 0 Å². The van der Waals surface area contributed by atoms with Crippen LogP contribution in [0.1, 0.15) is 16.7 Å². The highest BCUT2D eigenvalue weighted by molar-refractivity contribution is 5.61. The number of nitrogens with one attached hydrogen (secondary N) is 2. The van der Waals surface area contributed by atoms with Gasteiger partial charge in [-0.2, -0.15) is 5.21 Å². The number of tetrazole rings is 1. The minimum absolute atomic E-state index is 0.602. The molecule has 0 saturated carbocycles. The van der Waals surface area contributed by atoms with Crippen molar-refractivity contribution in [1.29, 1.82) is 0 Å². The van der Waals surface area contributed by atoms with Gasteiger partial charge in [0.1, 0.15) is 0 Å². The van der Waals surface area contributed by atoms with Crippen molar-refractivity contribution in [2.45, 2.75) is 20.4 Å². The van der Waals surface area contributed by atoms with E-state index in [1.807, 2.05) is 24.3 Å². The number of rotatable bonds is 4. The number of hydrogen-bond acceptors (Lipinski definition) is 4. The van der Waals surface area contributed by atoms with Gasteiger partial charge in [-0.25, -0.2) is 0 Å². The Morgan fingerprint density at radius 1 is 1.10 bits per heavy atom. The fourth-order valence-electron chi connectivity index (χ4n) is 2.25. The van der Waals surface area contributed by atoms with Crippen molar-refractivity contribution in [2.24, 2.45) is 0 Å². The molecule has 3 aromatic rings. The van der Waals surface area contributed by atoms with E-state index in [2.05, 4.69) is 58.0 Å². The Labute approximate surface area is 123 Å². The highest BCUT2D eigenvalue weighted by atomic mass is 15.5. The van der Waals surface area contributed by atoms with Crippen LogP contribution in [0.4, 0.5) is 5.69 Å². The molecule has 0 atom stereocenters. The van der Waals surface area contributed by atoms with E-state index < -0.39 is 0 Å². The molecule has 3 rings (SSSR count). The Kier molecular flexibility index (Phi) is 3.64. The van der Waals surface area contributed by atoms with Crippen LogP contribution in [0, 0.1) is 13.8 Å². The summed E-state index contributed by atoms with van der Waals surface area (Å²) in [6, 6.07) is 14.4. The fraction of sp³-hybridized carbons (Fsp3) is 0.188. The molecule has 0 fully saturated rings. The van der Waals surface area contributed by atoms with E-state index in [9.17, 15) is 0 Å². The van der Waals surface area contributed by atoms with Crippen LogP contribution in [0.25, 0.3) is 11.4 Å². The Morgan fingerprint density at radius 2 is 1.95 bits per heavy atom. The van der Waals surface area contributed by atoms with Gasteiger partial charge in [0.15, 0.2) is 0 Å². The van der Waals surface area contributed by atoms with Crippen LogP contribution in [0.5, 0.6) is 0 Å². The average Bonchev–Trinajstić information content (AvgIpc) is 3.03. The van der Waals surface area contributed by atoms with Crippen LogP contribution < -0.4 is 5.32 Å². The van der Waals surface area contributed by atoms with Crippen molar-refractivity contribution in [3.63, 3.8) is 0 Å². The van der Waals surface area contributed by atoms with Gasteiger partial charge in [-0.3, -0.25) is 0 Å². The van der Waals surface area contributed by atoms with Crippen LogP contribution >= 0.6 is 0 Å². The van der Waals surface area contributed by atoms with Crippen molar-refractivity contribution in [1.82, 2.24) is 20.6 Å². The van der Waals surface area contributed by atoms with E-state index in [1.165, 1.54) is 16.7 Å². The molecule has 0 aliphatic heterocycles. The molecule has 0 saturated heterocycles. The monoisotopic (exact) mass is 279 g/mol. The number of aromatic nitrogens is 4. The Bertz CT molecular complexity index is 734. The molecule has 0 radical (unpaired) electrons. The summed E-state index contributed by atoms with van der Waals surface area (Å²) >= 11 is 0. The maximum atomic E-state index is 4.00. The topological polar surface area (TPSA) is 66.5 Å². The first-order chi connectivity index (χ1) is 10.2. The molecule has 5 heteroatoms. The minimum Gasteiger partial charge on any atom is -0.381 e. The summed E-state index contributed by atoms with van der Waals surface area (Å²) in [5, 5.41) is 17.5. The lowest BCUT2D eigenvalue weighted by atomic mass is 10.0. The van der Waals surface area contributed by atoms with Gasteiger partial charge in [-0.1, -0.05) is 30.3 Å². The maximum Gasteiger partial charge on any atom is 0.204 e. The number of H-pyrrole nitrogens is 1. The molecule has 2 N–H and O–H groups in total. The zero-order chi connectivity index (χ0) is 14.7. The number of aromatic amines is 1. The number of hydrogen-bond donors (Lipinski definition) is 2. The molecule has 21 heavy (non-hydrogen) atoms. The van der Waals surface area contributed by atoms with Crippen molar-refractivity contribution in [3.05, 3.63) is 59.2 Å². The van der Waals surface area contributed by atoms with Gasteiger partial charge < -0.3 is 5.32 Å². The van der Waals surface area contributed by atoms with Gasteiger partial charge in [-0.05, 0) is 47.9 Å². The number of aryl methyl sites for hydroxylation is 1. The Morgan fingerprint density at radius 3 is 2.76 bits per heavy atom. The third-order valence-electron chi connectivity index (χ3n) is 3.67. The first-order valence-electron chi connectivity index (χ1n) is 6.87. The van der Waals surface area contributed by atoms with E-state index in [4.69, 9.17) is 0 Å². The molecule has 2 aromatic carbocycles. The molecule has 5 nitrogen and oxygen atoms in total. The normalized spacial score (nSPS) is 10.6. The Hall–Kier alpha value is -2.69. The lowest BCUT2D eigenvalue weighted by Crippen LogP contribution is -2.02. The van der Waals surface area contributed by atoms with Crippen molar-refractivity contribution in [3.8, 4) is 11.4 Å². The van der Waals surface area contributed by atoms with Crippen molar-refractivity contribution in [2.75, 3.05) is 5.32 Å². The molecule has 106 valence electrons. The second-order valence-electron chi connectivity index (χ2n) is 5.03. The van der Waals surface area contributed by atoms with E-state index in [0.717, 1.165) is 17.8 Å². The van der Waals surface area contributed by atoms with E-state index >= 15 is 0 Å². The van der Waals surface area contributed by atoms with Gasteiger partial charge >= 0.3 is 0 Å². The number of benzene rings is 2. The zero-order valence-electron chi connectivity index (χ0n) is 12.1. The molecule has 0 spiro atoms. The summed E-state index contributed by atoms with van der Waals surface area (Å²) in [6.45, 7) is 5.08. The van der Waals surface area contributed by atoms with Crippen LogP contribution in [-0.4, -0.2) is 20.6 Å². The van der Waals surface area contributed by atoms with Crippen LogP contribution in [0.3, 0.4) is 0 Å². The lowest BCUT2D eigenvalue weighted by Gasteiger charge is -2.11. The quantitative estimate of drug-likeness (QED) is 0.770. The molecular formula is C16H17N5. The summed E-state index contributed by atoms with van der Waals surface area (Å²) in [6.07, 6.45) is 0. The molecule has 0 unspecified atom stereocenters. The summed E-state index contributed by atoms with van der Waals surface area (Å²) in [7, 11) is 0. The van der Waals surface area contributed by atoms with Gasteiger partial charge in [0.05, 0.1) is 0 Å². The predicted molar refractivity (Wildman–Crippen MR) is 82.9 cm³/mol. The average molecular weight is 279 g/mol. The second kappa shape index (κ2) is 5.75. The highest BCUT2D eigenvalue weighted by Crippen LogP contribution is 2.20. The number of nitrogens with zero attached hydrogens (tertiary/aromatic N) is 3. The minimum atomic E-state index is 0.602. The first-order valence-corrected chi connectivity index (χ1v) is 6.87. The third-order valence-corrected chi connectivity index (χ3v) is 3.67. The van der Waals surface area contributed by atoms with Crippen LogP contribution in [0.15, 0.2) is 42.5 Å². The second-order valence-corrected chi connectivity index (χ2v) is 5.03. The maximum absolute atomic E-state index is 4.00. The first kappa shape index (κ1) is 13.3. The summed E-state index contributed by atoms with van der Waals surface area (Å²) in [4.78, 5) is 0. The summed E-state index contributed by atoms with van der Waals surface area (Å²) in [5.74, 6) is 0.602. The van der Waals surface area contributed by atoms with Crippen LogP contribution in [-0.2, 0) is 6.54 Å². The zero-order valence-corrected chi connectivity index (χ0v) is 12.1. The largest absolute Gasteiger partial charge is 0.381 e. The van der Waals surface area contributed by atoms with Gasteiger partial charge in [0, 0.05) is 17.8 Å². The van der Waals surface area contributed by atoms with E-state index in [-0.39, 0.29) is 0 Å². The molecule has 0 bridgehead atoms. The molecule has 0 aliphatic carbocycles. The lowest BCUT2D eigenvalue weighted by molar-refractivity contribution is 0.881. The molecule has 1 heterocycles. The van der Waals surface area contributed by atoms with Crippen molar-refractivity contribution < 1.29 is 0 Å². The fourth-order valence-corrected chi connectivity index (χ4v) is 2.25. The van der Waals surface area contributed by atoms with Crippen molar-refractivity contribution >= 4 is 5.69 Å². The van der Waals surface area contributed by atoms with Gasteiger partial charge in [0.2, 0.25) is 5.82 Å². The molecule has 1 aromatic heterocycles. The van der Waals surface area contributed by atoms with Gasteiger partial charge in [0.25, 0.3) is 0 Å². The summed E-state index contributed by atoms with van der Waals surface area (Å²) < 4.78 is 0. The smallest absolute Gasteiger partial charge is 0.204 e. The molecule has 0 aliphatic rings. The third kappa shape index (κ3) is 2.91. The van der Waals surface area contributed by atoms with Crippen LogP contribution in [0.2, 0.25) is 0 Å².